The van der Waals surface area contributed by atoms with Crippen molar-refractivity contribution in [2.24, 2.45) is 0 Å². The summed E-state index contributed by atoms with van der Waals surface area (Å²) < 4.78 is 6.51. The number of aryl methyl sites for hydroxylation is 2. The van der Waals surface area contributed by atoms with E-state index in [0.29, 0.717) is 34.4 Å². The molecule has 0 saturated heterocycles. The number of aromatic nitrogens is 1. The van der Waals surface area contributed by atoms with Gasteiger partial charge in [0.15, 0.2) is 11.5 Å². The van der Waals surface area contributed by atoms with E-state index in [2.05, 4.69) is 0 Å². The number of aromatic hydroxyl groups is 4. The van der Waals surface area contributed by atoms with E-state index in [-0.39, 0.29) is 41.5 Å². The maximum absolute atomic E-state index is 14.0. The highest BCUT2D eigenvalue weighted by Crippen LogP contribution is 2.43. The number of esters is 1. The van der Waals surface area contributed by atoms with Crippen LogP contribution >= 0.6 is 0 Å². The Morgan fingerprint density at radius 1 is 0.875 bits per heavy atom. The number of carbonyl (C=O) groups excluding carboxylic acids is 1. The average Bonchev–Trinajstić information content (AvgIpc) is 2.83. The summed E-state index contributed by atoms with van der Waals surface area (Å²) in [6.45, 7) is 13.8. The monoisotopic (exact) mass is 551 g/mol. The first-order valence-electron chi connectivity index (χ1n) is 13.3. The van der Waals surface area contributed by atoms with Gasteiger partial charge in [0.1, 0.15) is 11.5 Å². The molecule has 0 aliphatic heterocycles. The normalized spacial score (nSPS) is 12.8. The first-order valence-corrected chi connectivity index (χ1v) is 13.3. The predicted molar refractivity (Wildman–Crippen MR) is 155 cm³/mol. The van der Waals surface area contributed by atoms with Gasteiger partial charge in [0.05, 0.1) is 19.1 Å². The third kappa shape index (κ3) is 6.43. The van der Waals surface area contributed by atoms with Crippen LogP contribution in [0.5, 0.6) is 23.0 Å². The van der Waals surface area contributed by atoms with Gasteiger partial charge in [-0.15, -0.1) is 0 Å². The van der Waals surface area contributed by atoms with Crippen molar-refractivity contribution in [3.05, 3.63) is 80.3 Å². The van der Waals surface area contributed by atoms with Gasteiger partial charge in [-0.3, -0.25) is 9.59 Å². The number of benzene rings is 2. The van der Waals surface area contributed by atoms with E-state index in [1.54, 1.807) is 25.1 Å². The minimum absolute atomic E-state index is 0.0648. The van der Waals surface area contributed by atoms with Crippen molar-refractivity contribution in [1.29, 1.82) is 0 Å². The fourth-order valence-corrected chi connectivity index (χ4v) is 4.98. The number of rotatable bonds is 7. The molecule has 216 valence electrons. The van der Waals surface area contributed by atoms with E-state index in [0.717, 1.165) is 0 Å². The molecule has 4 N–H and O–H groups in total. The molecular weight excluding hydrogens is 510 g/mol. The van der Waals surface area contributed by atoms with Crippen molar-refractivity contribution >= 4 is 5.97 Å². The standard InChI is InChI=1S/C32H41NO7/c1-18-13-26(36)28(30(39)33(18)12-11-19-9-10-24(34)25(35)14-19)21(17-27(37)40-8)20-15-22(31(2,3)4)29(38)23(16-20)32(5,6)7/h9-10,13-16,21,34-36,38H,11-12,17H2,1-8H3. The number of hydrogen-bond donors (Lipinski definition) is 4. The Bertz CT molecular complexity index is 1440. The van der Waals surface area contributed by atoms with Crippen molar-refractivity contribution in [2.45, 2.75) is 84.6 Å². The third-order valence-corrected chi connectivity index (χ3v) is 7.28. The smallest absolute Gasteiger partial charge is 0.306 e. The molecule has 1 heterocycles. The second-order valence-corrected chi connectivity index (χ2v) is 12.4. The number of hydrogen-bond acceptors (Lipinski definition) is 7. The summed E-state index contributed by atoms with van der Waals surface area (Å²) in [4.78, 5) is 26.6. The van der Waals surface area contributed by atoms with Gasteiger partial charge in [0.2, 0.25) is 0 Å². The van der Waals surface area contributed by atoms with Crippen LogP contribution in [-0.2, 0) is 33.3 Å². The lowest BCUT2D eigenvalue weighted by Crippen LogP contribution is -2.29. The van der Waals surface area contributed by atoms with Crippen LogP contribution in [0.3, 0.4) is 0 Å². The highest BCUT2D eigenvalue weighted by atomic mass is 16.5. The summed E-state index contributed by atoms with van der Waals surface area (Å²) in [6.07, 6.45) is 0.189. The van der Waals surface area contributed by atoms with E-state index < -0.39 is 28.3 Å². The summed E-state index contributed by atoms with van der Waals surface area (Å²) in [5.74, 6) is -1.91. The highest BCUT2D eigenvalue weighted by Gasteiger charge is 2.32. The molecule has 0 saturated carbocycles. The zero-order valence-electron chi connectivity index (χ0n) is 24.6. The maximum atomic E-state index is 14.0. The Kier molecular flexibility index (Phi) is 8.63. The number of carbonyl (C=O) groups is 1. The Labute approximate surface area is 235 Å². The summed E-state index contributed by atoms with van der Waals surface area (Å²) >= 11 is 0. The molecule has 1 atom stereocenters. The van der Waals surface area contributed by atoms with Gasteiger partial charge < -0.3 is 29.7 Å². The molecular formula is C32H41NO7. The SMILES string of the molecule is COC(=O)CC(c1cc(C(C)(C)C)c(O)c(C(C)(C)C)c1)c1c(O)cc(C)n(CCc2ccc(O)c(O)c2)c1=O. The Hall–Kier alpha value is -3.94. The zero-order chi connectivity index (χ0) is 30.2. The molecule has 8 heteroatoms. The van der Waals surface area contributed by atoms with Crippen LogP contribution in [0, 0.1) is 6.92 Å². The van der Waals surface area contributed by atoms with Gasteiger partial charge in [-0.25, -0.2) is 0 Å². The number of phenolic OH excluding ortho intramolecular Hbond substituents is 3. The van der Waals surface area contributed by atoms with E-state index in [4.69, 9.17) is 4.74 Å². The van der Waals surface area contributed by atoms with Crippen LogP contribution < -0.4 is 5.56 Å². The summed E-state index contributed by atoms with van der Waals surface area (Å²) in [5.41, 5.74) is 1.93. The first-order chi connectivity index (χ1) is 18.4. The van der Waals surface area contributed by atoms with E-state index in [1.165, 1.54) is 29.9 Å². The molecule has 40 heavy (non-hydrogen) atoms. The number of ether oxygens (including phenoxy) is 1. The van der Waals surface area contributed by atoms with Crippen LogP contribution in [0.2, 0.25) is 0 Å². The zero-order valence-corrected chi connectivity index (χ0v) is 24.6. The van der Waals surface area contributed by atoms with E-state index in [1.807, 2.05) is 41.5 Å². The lowest BCUT2D eigenvalue weighted by Gasteiger charge is -2.30. The van der Waals surface area contributed by atoms with Crippen LogP contribution in [-0.4, -0.2) is 38.1 Å². The van der Waals surface area contributed by atoms with Crippen LogP contribution in [0.25, 0.3) is 0 Å². The number of pyridine rings is 1. The summed E-state index contributed by atoms with van der Waals surface area (Å²) in [7, 11) is 1.28. The largest absolute Gasteiger partial charge is 0.507 e. The maximum Gasteiger partial charge on any atom is 0.306 e. The average molecular weight is 552 g/mol. The Balaban J connectivity index is 2.24. The fourth-order valence-electron chi connectivity index (χ4n) is 4.98. The molecule has 0 radical (unpaired) electrons. The van der Waals surface area contributed by atoms with Crippen molar-refractivity contribution in [3.8, 4) is 23.0 Å². The lowest BCUT2D eigenvalue weighted by molar-refractivity contribution is -0.140. The molecule has 8 nitrogen and oxygen atoms in total. The first kappa shape index (κ1) is 30.6. The molecule has 0 fully saturated rings. The molecule has 3 rings (SSSR count). The van der Waals surface area contributed by atoms with E-state index >= 15 is 0 Å². The van der Waals surface area contributed by atoms with Crippen molar-refractivity contribution in [1.82, 2.24) is 4.57 Å². The molecule has 0 aliphatic rings. The minimum atomic E-state index is -0.840. The van der Waals surface area contributed by atoms with Gasteiger partial charge in [0, 0.05) is 18.2 Å². The van der Waals surface area contributed by atoms with Crippen molar-refractivity contribution in [3.63, 3.8) is 0 Å². The van der Waals surface area contributed by atoms with Crippen LogP contribution in [0.4, 0.5) is 0 Å². The van der Waals surface area contributed by atoms with Gasteiger partial charge in [0.25, 0.3) is 5.56 Å². The van der Waals surface area contributed by atoms with Gasteiger partial charge in [-0.05, 0) is 64.6 Å². The predicted octanol–water partition coefficient (Wildman–Crippen LogP) is 5.51. The molecule has 3 aromatic rings. The minimum Gasteiger partial charge on any atom is -0.507 e. The fraction of sp³-hybridized carbons (Fsp3) is 0.438. The molecule has 1 aromatic heterocycles. The molecule has 1 unspecified atom stereocenters. The molecule has 0 aliphatic carbocycles. The highest BCUT2D eigenvalue weighted by molar-refractivity contribution is 5.72. The number of methoxy groups -OCH3 is 1. The van der Waals surface area contributed by atoms with Crippen molar-refractivity contribution in [2.75, 3.05) is 7.11 Å². The lowest BCUT2D eigenvalue weighted by atomic mass is 9.75. The third-order valence-electron chi connectivity index (χ3n) is 7.28. The second-order valence-electron chi connectivity index (χ2n) is 12.4. The van der Waals surface area contributed by atoms with Gasteiger partial charge in [-0.1, -0.05) is 59.7 Å². The van der Waals surface area contributed by atoms with Crippen LogP contribution in [0.1, 0.15) is 87.4 Å². The topological polar surface area (TPSA) is 129 Å². The number of nitrogens with zero attached hydrogens (tertiary/aromatic N) is 1. The molecule has 0 spiro atoms. The van der Waals surface area contributed by atoms with Gasteiger partial charge in [-0.2, -0.15) is 0 Å². The Morgan fingerprint density at radius 2 is 1.45 bits per heavy atom. The van der Waals surface area contributed by atoms with Crippen LogP contribution in [0.15, 0.2) is 41.2 Å². The van der Waals surface area contributed by atoms with Crippen molar-refractivity contribution < 1.29 is 30.0 Å². The summed E-state index contributed by atoms with van der Waals surface area (Å²) in [6, 6.07) is 9.61. The number of phenols is 3. The molecule has 0 amide bonds. The van der Waals surface area contributed by atoms with E-state index in [9.17, 15) is 30.0 Å². The Morgan fingerprint density at radius 3 is 1.95 bits per heavy atom. The van der Waals surface area contributed by atoms with Gasteiger partial charge >= 0.3 is 5.97 Å². The molecule has 0 bridgehead atoms. The molecule has 2 aromatic carbocycles. The quantitative estimate of drug-likeness (QED) is 0.225. The summed E-state index contributed by atoms with van der Waals surface area (Å²) in [5, 5.41) is 41.8. The second kappa shape index (κ2) is 11.3.